The van der Waals surface area contributed by atoms with Crippen molar-refractivity contribution in [3.63, 3.8) is 0 Å². The van der Waals surface area contributed by atoms with Crippen LogP contribution in [0.3, 0.4) is 0 Å². The Balaban J connectivity index is 1.54. The van der Waals surface area contributed by atoms with Crippen LogP contribution in [0.15, 0.2) is 103 Å². The number of hydrogen-bond acceptors (Lipinski definition) is 2. The second kappa shape index (κ2) is 8.45. The normalized spacial score (nSPS) is 14.6. The minimum Gasteiger partial charge on any atom is -0.301 e. The molecule has 0 radical (unpaired) electrons. The number of benzene rings is 4. The number of nitrogens with one attached hydrogen (secondary N) is 1. The largest absolute Gasteiger partial charge is 0.301 e. The first-order valence-corrected chi connectivity index (χ1v) is 12.2. The van der Waals surface area contributed by atoms with Gasteiger partial charge in [-0.1, -0.05) is 90.5 Å². The molecule has 0 unspecified atom stereocenters. The summed E-state index contributed by atoms with van der Waals surface area (Å²) in [5.74, 6) is 0. The summed E-state index contributed by atoms with van der Waals surface area (Å²) in [7, 11) is -3.43. The number of rotatable bonds is 6. The molecule has 0 spiro atoms. The Bertz CT molecular complexity index is 1210. The molecule has 3 nitrogen and oxygen atoms in total. The first-order valence-electron chi connectivity index (χ1n) is 10.2. The fraction of sp³-hybridized carbons (Fsp3) is 0.0769. The van der Waals surface area contributed by atoms with Crippen LogP contribution < -0.4 is 10.4 Å². The monoisotopic (exact) mass is 445 g/mol. The van der Waals surface area contributed by atoms with E-state index < -0.39 is 13.6 Å². The molecule has 0 aliphatic heterocycles. The Labute approximate surface area is 187 Å². The third-order valence-electron chi connectivity index (χ3n) is 5.53. The second-order valence-corrected chi connectivity index (χ2v) is 10.1. The predicted octanol–water partition coefficient (Wildman–Crippen LogP) is 6.73. The van der Waals surface area contributed by atoms with E-state index in [4.69, 9.17) is 16.1 Å². The number of hydrogen-bond donors (Lipinski definition) is 1. The fourth-order valence-electron chi connectivity index (χ4n) is 3.99. The van der Waals surface area contributed by atoms with Crippen molar-refractivity contribution in [2.45, 2.75) is 12.6 Å². The lowest BCUT2D eigenvalue weighted by Crippen LogP contribution is -2.22. The zero-order valence-electron chi connectivity index (χ0n) is 16.7. The van der Waals surface area contributed by atoms with Gasteiger partial charge in [-0.3, -0.25) is 4.57 Å². The van der Waals surface area contributed by atoms with Gasteiger partial charge in [0, 0.05) is 11.6 Å². The standard InChI is InChI=1S/C26H21ClNO2P/c27-20-14-16-21(17-15-20)31(29,28-18-19-8-2-1-3-9-19)30-26-24-12-6-4-10-22(24)23-11-5-7-13-25(23)26/h1-17,26H,18H2,(H,28,29)/t31-/m0/s1. The van der Waals surface area contributed by atoms with E-state index in [1.165, 1.54) is 0 Å². The molecule has 154 valence electrons. The molecule has 0 fully saturated rings. The van der Waals surface area contributed by atoms with Gasteiger partial charge in [0.05, 0.1) is 5.30 Å². The fourth-order valence-corrected chi connectivity index (χ4v) is 5.95. The van der Waals surface area contributed by atoms with Crippen molar-refractivity contribution in [1.29, 1.82) is 0 Å². The van der Waals surface area contributed by atoms with Crippen molar-refractivity contribution >= 4 is 24.4 Å². The van der Waals surface area contributed by atoms with E-state index in [1.807, 2.05) is 66.7 Å². The first kappa shape index (κ1) is 20.2. The summed E-state index contributed by atoms with van der Waals surface area (Å²) in [5, 5.41) is 4.41. The lowest BCUT2D eigenvalue weighted by molar-refractivity contribution is 0.252. The Morgan fingerprint density at radius 3 is 1.90 bits per heavy atom. The molecule has 5 heteroatoms. The molecule has 1 aliphatic carbocycles. The van der Waals surface area contributed by atoms with Gasteiger partial charge < -0.3 is 4.52 Å². The topological polar surface area (TPSA) is 38.3 Å². The van der Waals surface area contributed by atoms with Crippen molar-refractivity contribution in [1.82, 2.24) is 5.09 Å². The van der Waals surface area contributed by atoms with E-state index in [2.05, 4.69) is 17.2 Å². The van der Waals surface area contributed by atoms with Gasteiger partial charge >= 0.3 is 7.52 Å². The van der Waals surface area contributed by atoms with Crippen LogP contribution in [0.1, 0.15) is 22.8 Å². The SMILES string of the molecule is O=[P@](NCc1ccccc1)(OC1c2ccccc2-c2ccccc21)c1ccc(Cl)cc1. The maximum atomic E-state index is 14.3. The summed E-state index contributed by atoms with van der Waals surface area (Å²) in [6, 6.07) is 33.2. The van der Waals surface area contributed by atoms with Gasteiger partial charge in [-0.2, -0.15) is 0 Å². The molecule has 0 bridgehead atoms. The zero-order chi connectivity index (χ0) is 21.3. The first-order chi connectivity index (χ1) is 15.1. The van der Waals surface area contributed by atoms with Gasteiger partial charge in [-0.05, 0) is 52.1 Å². The lowest BCUT2D eigenvalue weighted by Gasteiger charge is -2.25. The summed E-state index contributed by atoms with van der Waals surface area (Å²) >= 11 is 6.09. The van der Waals surface area contributed by atoms with Crippen molar-refractivity contribution in [2.75, 3.05) is 0 Å². The number of fused-ring (bicyclic) bond motifs is 3. The highest BCUT2D eigenvalue weighted by molar-refractivity contribution is 7.65. The molecule has 0 aromatic heterocycles. The Hall–Kier alpha value is -2.68. The van der Waals surface area contributed by atoms with Crippen molar-refractivity contribution in [3.05, 3.63) is 125 Å². The molecule has 1 atom stereocenters. The van der Waals surface area contributed by atoms with Crippen molar-refractivity contribution in [3.8, 4) is 11.1 Å². The third-order valence-corrected chi connectivity index (χ3v) is 7.84. The van der Waals surface area contributed by atoms with E-state index >= 15 is 0 Å². The van der Waals surface area contributed by atoms with Crippen LogP contribution in [0.5, 0.6) is 0 Å². The van der Waals surface area contributed by atoms with E-state index in [1.54, 1.807) is 24.3 Å². The van der Waals surface area contributed by atoms with Crippen molar-refractivity contribution < 1.29 is 9.09 Å². The number of halogens is 1. The summed E-state index contributed by atoms with van der Waals surface area (Å²) in [4.78, 5) is 0. The lowest BCUT2D eigenvalue weighted by atomic mass is 10.1. The highest BCUT2D eigenvalue weighted by Crippen LogP contribution is 2.54. The Kier molecular flexibility index (Phi) is 5.52. The molecule has 5 rings (SSSR count). The molecule has 31 heavy (non-hydrogen) atoms. The average molecular weight is 446 g/mol. The summed E-state index contributed by atoms with van der Waals surface area (Å²) in [5.41, 5.74) is 5.33. The summed E-state index contributed by atoms with van der Waals surface area (Å²) in [6.45, 7) is 0.427. The molecule has 0 amide bonds. The van der Waals surface area contributed by atoms with Crippen LogP contribution in [0.2, 0.25) is 5.02 Å². The minimum atomic E-state index is -3.43. The van der Waals surface area contributed by atoms with E-state index in [0.717, 1.165) is 27.8 Å². The molecule has 4 aromatic carbocycles. The maximum Gasteiger partial charge on any atom is 0.300 e. The zero-order valence-corrected chi connectivity index (χ0v) is 18.4. The van der Waals surface area contributed by atoms with Crippen LogP contribution >= 0.6 is 19.1 Å². The highest BCUT2D eigenvalue weighted by Gasteiger charge is 2.36. The van der Waals surface area contributed by atoms with Crippen LogP contribution in [0.25, 0.3) is 11.1 Å². The van der Waals surface area contributed by atoms with Gasteiger partial charge in [0.25, 0.3) is 0 Å². The molecule has 0 saturated heterocycles. The second-order valence-electron chi connectivity index (χ2n) is 7.51. The average Bonchev–Trinajstić information content (AvgIpc) is 3.13. The molecule has 4 aromatic rings. The molecular weight excluding hydrogens is 425 g/mol. The Morgan fingerprint density at radius 2 is 1.29 bits per heavy atom. The maximum absolute atomic E-state index is 14.3. The van der Waals surface area contributed by atoms with Crippen LogP contribution in [0, 0.1) is 0 Å². The smallest absolute Gasteiger partial charge is 0.300 e. The highest BCUT2D eigenvalue weighted by atomic mass is 35.5. The van der Waals surface area contributed by atoms with Gasteiger partial charge in [0.1, 0.15) is 6.10 Å². The van der Waals surface area contributed by atoms with Crippen LogP contribution in [-0.2, 0) is 15.6 Å². The van der Waals surface area contributed by atoms with E-state index in [9.17, 15) is 4.57 Å². The summed E-state index contributed by atoms with van der Waals surface area (Å²) in [6.07, 6.45) is -0.419. The van der Waals surface area contributed by atoms with Crippen molar-refractivity contribution in [2.24, 2.45) is 0 Å². The summed E-state index contributed by atoms with van der Waals surface area (Å²) < 4.78 is 20.8. The molecule has 1 aliphatic rings. The predicted molar refractivity (Wildman–Crippen MR) is 127 cm³/mol. The van der Waals surface area contributed by atoms with Crippen LogP contribution in [0.4, 0.5) is 0 Å². The third kappa shape index (κ3) is 3.98. The molecule has 0 heterocycles. The van der Waals surface area contributed by atoms with Gasteiger partial charge in [0.15, 0.2) is 0 Å². The van der Waals surface area contributed by atoms with Gasteiger partial charge in [-0.15, -0.1) is 0 Å². The Morgan fingerprint density at radius 1 is 0.742 bits per heavy atom. The quantitative estimate of drug-likeness (QED) is 0.334. The van der Waals surface area contributed by atoms with E-state index in [-0.39, 0.29) is 0 Å². The van der Waals surface area contributed by atoms with Gasteiger partial charge in [0.2, 0.25) is 0 Å². The molecule has 1 N–H and O–H groups in total. The minimum absolute atomic E-state index is 0.419. The van der Waals surface area contributed by atoms with Crippen LogP contribution in [-0.4, -0.2) is 0 Å². The molecular formula is C26H21ClNO2P. The van der Waals surface area contributed by atoms with Gasteiger partial charge in [-0.25, -0.2) is 5.09 Å². The van der Waals surface area contributed by atoms with E-state index in [0.29, 0.717) is 16.9 Å². The molecule has 0 saturated carbocycles.